The molecule has 0 amide bonds. The molecule has 1 fully saturated rings. The fourth-order valence-corrected chi connectivity index (χ4v) is 1.84. The molecule has 0 N–H and O–H groups in total. The molecule has 2 aromatic rings. The van der Waals surface area contributed by atoms with Gasteiger partial charge in [0, 0.05) is 5.39 Å². The summed E-state index contributed by atoms with van der Waals surface area (Å²) in [4.78, 5) is 0. The van der Waals surface area contributed by atoms with Gasteiger partial charge in [0.05, 0.1) is 6.26 Å². The lowest BCUT2D eigenvalue weighted by atomic mass is 10.1. The van der Waals surface area contributed by atoms with E-state index in [1.165, 1.54) is 29.4 Å². The minimum absolute atomic E-state index is 0.832. The number of hydrogen-bond acceptors (Lipinski definition) is 1. The van der Waals surface area contributed by atoms with Gasteiger partial charge in [-0.25, -0.2) is 0 Å². The third-order valence-electron chi connectivity index (χ3n) is 2.84. The lowest BCUT2D eigenvalue weighted by Crippen LogP contribution is -1.78. The van der Waals surface area contributed by atoms with Gasteiger partial charge in [0.1, 0.15) is 5.58 Å². The number of furan rings is 1. The topological polar surface area (TPSA) is 13.1 Å². The summed E-state index contributed by atoms with van der Waals surface area (Å²) in [5.74, 6) is 0.832. The maximum atomic E-state index is 5.40. The molecule has 0 unspecified atom stereocenters. The second kappa shape index (κ2) is 2.38. The van der Waals surface area contributed by atoms with E-state index in [4.69, 9.17) is 4.42 Å². The minimum atomic E-state index is 0.832. The summed E-state index contributed by atoms with van der Waals surface area (Å²) in [5.41, 5.74) is 3.75. The molecule has 1 nitrogen and oxygen atoms in total. The average Bonchev–Trinajstić information content (AvgIpc) is 2.93. The van der Waals surface area contributed by atoms with Gasteiger partial charge in [-0.1, -0.05) is 6.07 Å². The Balaban J connectivity index is 2.24. The summed E-state index contributed by atoms with van der Waals surface area (Å²) in [5, 5.41) is 1.28. The molecule has 3 rings (SSSR count). The zero-order chi connectivity index (χ0) is 8.84. The van der Waals surface area contributed by atoms with Crippen molar-refractivity contribution >= 4 is 11.0 Å². The summed E-state index contributed by atoms with van der Waals surface area (Å²) < 4.78 is 5.40. The van der Waals surface area contributed by atoms with E-state index >= 15 is 0 Å². The fourth-order valence-electron chi connectivity index (χ4n) is 1.84. The molecule has 0 atom stereocenters. The Morgan fingerprint density at radius 2 is 2.15 bits per heavy atom. The third kappa shape index (κ3) is 1.07. The molecule has 1 heterocycles. The van der Waals surface area contributed by atoms with E-state index in [1.54, 1.807) is 0 Å². The summed E-state index contributed by atoms with van der Waals surface area (Å²) in [6.45, 7) is 2.10. The van der Waals surface area contributed by atoms with Crippen LogP contribution in [0.3, 0.4) is 0 Å². The van der Waals surface area contributed by atoms with Crippen molar-refractivity contribution in [3.63, 3.8) is 0 Å². The van der Waals surface area contributed by atoms with Crippen LogP contribution in [-0.4, -0.2) is 0 Å². The minimum Gasteiger partial charge on any atom is -0.464 e. The van der Waals surface area contributed by atoms with E-state index in [-0.39, 0.29) is 0 Å². The van der Waals surface area contributed by atoms with Crippen LogP contribution in [-0.2, 0) is 0 Å². The Morgan fingerprint density at radius 3 is 2.92 bits per heavy atom. The second-order valence-corrected chi connectivity index (χ2v) is 3.95. The first-order valence-corrected chi connectivity index (χ1v) is 4.82. The standard InChI is InChI=1S/C12H12O/c1-8-7-13-12-5-4-10(6-11(8)12)9-2-3-9/h4-7,9H,2-3H2,1H3. The molecule has 1 aromatic carbocycles. The highest BCUT2D eigenvalue weighted by atomic mass is 16.3. The Hall–Kier alpha value is -1.24. The van der Waals surface area contributed by atoms with Crippen molar-refractivity contribution in [1.82, 2.24) is 0 Å². The summed E-state index contributed by atoms with van der Waals surface area (Å²) in [7, 11) is 0. The molecule has 0 saturated heterocycles. The van der Waals surface area contributed by atoms with Crippen molar-refractivity contribution in [3.8, 4) is 0 Å². The molecular formula is C12H12O. The highest BCUT2D eigenvalue weighted by Gasteiger charge is 2.23. The average molecular weight is 172 g/mol. The molecule has 1 aliphatic rings. The van der Waals surface area contributed by atoms with Crippen molar-refractivity contribution in [3.05, 3.63) is 35.6 Å². The number of benzene rings is 1. The van der Waals surface area contributed by atoms with E-state index in [1.807, 2.05) is 6.26 Å². The van der Waals surface area contributed by atoms with E-state index in [2.05, 4.69) is 25.1 Å². The summed E-state index contributed by atoms with van der Waals surface area (Å²) in [6.07, 6.45) is 4.56. The lowest BCUT2D eigenvalue weighted by molar-refractivity contribution is 0.613. The molecule has 1 saturated carbocycles. The zero-order valence-electron chi connectivity index (χ0n) is 7.71. The summed E-state index contributed by atoms with van der Waals surface area (Å²) in [6, 6.07) is 6.57. The van der Waals surface area contributed by atoms with Crippen LogP contribution in [0.4, 0.5) is 0 Å². The van der Waals surface area contributed by atoms with Gasteiger partial charge in [-0.3, -0.25) is 0 Å². The highest BCUT2D eigenvalue weighted by Crippen LogP contribution is 2.41. The van der Waals surface area contributed by atoms with Crippen LogP contribution in [0.1, 0.15) is 29.9 Å². The van der Waals surface area contributed by atoms with Gasteiger partial charge >= 0.3 is 0 Å². The Bertz CT molecular complexity index is 449. The van der Waals surface area contributed by atoms with Crippen LogP contribution < -0.4 is 0 Å². The predicted octanol–water partition coefficient (Wildman–Crippen LogP) is 3.62. The number of aryl methyl sites for hydroxylation is 1. The third-order valence-corrected chi connectivity index (χ3v) is 2.84. The number of fused-ring (bicyclic) bond motifs is 1. The van der Waals surface area contributed by atoms with Crippen LogP contribution in [0.25, 0.3) is 11.0 Å². The van der Waals surface area contributed by atoms with E-state index in [9.17, 15) is 0 Å². The van der Waals surface area contributed by atoms with E-state index in [0.717, 1.165) is 11.5 Å². The monoisotopic (exact) mass is 172 g/mol. The van der Waals surface area contributed by atoms with Crippen molar-refractivity contribution in [2.75, 3.05) is 0 Å². The van der Waals surface area contributed by atoms with Crippen LogP contribution in [0, 0.1) is 6.92 Å². The maximum absolute atomic E-state index is 5.40. The first-order valence-electron chi connectivity index (χ1n) is 4.82. The van der Waals surface area contributed by atoms with Crippen LogP contribution in [0.2, 0.25) is 0 Å². The maximum Gasteiger partial charge on any atom is 0.134 e. The van der Waals surface area contributed by atoms with Crippen LogP contribution in [0.15, 0.2) is 28.9 Å². The molecular weight excluding hydrogens is 160 g/mol. The molecule has 1 aliphatic carbocycles. The second-order valence-electron chi connectivity index (χ2n) is 3.95. The smallest absolute Gasteiger partial charge is 0.134 e. The highest BCUT2D eigenvalue weighted by molar-refractivity contribution is 5.81. The molecule has 0 radical (unpaired) electrons. The molecule has 0 spiro atoms. The molecule has 66 valence electrons. The van der Waals surface area contributed by atoms with Crippen molar-refractivity contribution in [2.24, 2.45) is 0 Å². The molecule has 0 bridgehead atoms. The van der Waals surface area contributed by atoms with Crippen LogP contribution in [0.5, 0.6) is 0 Å². The summed E-state index contributed by atoms with van der Waals surface area (Å²) >= 11 is 0. The van der Waals surface area contributed by atoms with E-state index in [0.29, 0.717) is 0 Å². The molecule has 13 heavy (non-hydrogen) atoms. The normalized spacial score (nSPS) is 16.7. The SMILES string of the molecule is Cc1coc2ccc(C3CC3)cc12. The quantitative estimate of drug-likeness (QED) is 0.640. The molecule has 1 aromatic heterocycles. The van der Waals surface area contributed by atoms with Gasteiger partial charge in [-0.05, 0) is 48.9 Å². The predicted molar refractivity (Wildman–Crippen MR) is 52.9 cm³/mol. The van der Waals surface area contributed by atoms with Gasteiger partial charge in [-0.15, -0.1) is 0 Å². The van der Waals surface area contributed by atoms with Crippen LogP contribution >= 0.6 is 0 Å². The van der Waals surface area contributed by atoms with Gasteiger partial charge < -0.3 is 4.42 Å². The van der Waals surface area contributed by atoms with Crippen molar-refractivity contribution < 1.29 is 4.42 Å². The Labute approximate surface area is 77.4 Å². The molecule has 1 heteroatoms. The van der Waals surface area contributed by atoms with E-state index < -0.39 is 0 Å². The van der Waals surface area contributed by atoms with Crippen molar-refractivity contribution in [2.45, 2.75) is 25.7 Å². The van der Waals surface area contributed by atoms with Gasteiger partial charge in [0.15, 0.2) is 0 Å². The van der Waals surface area contributed by atoms with Gasteiger partial charge in [0.2, 0.25) is 0 Å². The number of hydrogen-bond donors (Lipinski definition) is 0. The van der Waals surface area contributed by atoms with Gasteiger partial charge in [-0.2, -0.15) is 0 Å². The first-order chi connectivity index (χ1) is 6.34. The van der Waals surface area contributed by atoms with Gasteiger partial charge in [0.25, 0.3) is 0 Å². The van der Waals surface area contributed by atoms with Crippen molar-refractivity contribution in [1.29, 1.82) is 0 Å². The Kier molecular flexibility index (Phi) is 1.32. The zero-order valence-corrected chi connectivity index (χ0v) is 7.71. The lowest BCUT2D eigenvalue weighted by Gasteiger charge is -1.97. The number of rotatable bonds is 1. The first kappa shape index (κ1) is 7.19. The largest absolute Gasteiger partial charge is 0.464 e. The molecule has 0 aliphatic heterocycles. The Morgan fingerprint density at radius 1 is 1.31 bits per heavy atom. The fraction of sp³-hybridized carbons (Fsp3) is 0.333.